The second-order valence-electron chi connectivity index (χ2n) is 4.35. The maximum absolute atomic E-state index is 11.4. The third-order valence-corrected chi connectivity index (χ3v) is 4.83. The molecule has 1 aliphatic rings. The molecule has 0 saturated carbocycles. The highest BCUT2D eigenvalue weighted by Gasteiger charge is 2.27. The quantitative estimate of drug-likeness (QED) is 0.747. The van der Waals surface area contributed by atoms with Crippen molar-refractivity contribution in [2.24, 2.45) is 0 Å². The first-order valence-corrected chi connectivity index (χ1v) is 7.54. The van der Waals surface area contributed by atoms with Gasteiger partial charge in [0.25, 0.3) is 0 Å². The van der Waals surface area contributed by atoms with Crippen LogP contribution in [-0.2, 0) is 14.6 Å². The molecule has 1 atom stereocenters. The lowest BCUT2D eigenvalue weighted by Gasteiger charge is -2.32. The van der Waals surface area contributed by atoms with E-state index < -0.39 is 15.8 Å². The second-order valence-corrected chi connectivity index (χ2v) is 6.58. The number of aliphatic carboxylic acids is 1. The molecule has 98 valence electrons. The number of nitrogens with zero attached hydrogens (tertiary/aromatic N) is 1. The van der Waals surface area contributed by atoms with Gasteiger partial charge in [0.05, 0.1) is 11.5 Å². The second kappa shape index (κ2) is 5.64. The predicted octanol–water partition coefficient (Wildman–Crippen LogP) is 0.526. The van der Waals surface area contributed by atoms with E-state index >= 15 is 0 Å². The van der Waals surface area contributed by atoms with E-state index in [1.54, 1.807) is 13.0 Å². The Labute approximate surface area is 102 Å². The minimum absolute atomic E-state index is 0.0445. The van der Waals surface area contributed by atoms with Crippen LogP contribution in [0.5, 0.6) is 0 Å². The Morgan fingerprint density at radius 2 is 2.18 bits per heavy atom. The zero-order valence-corrected chi connectivity index (χ0v) is 11.0. The Bertz CT molecular complexity index is 413. The average Bonchev–Trinajstić information content (AvgIpc) is 2.20. The molecule has 1 N–H and O–H groups in total. The fourth-order valence-electron chi connectivity index (χ4n) is 1.91. The summed E-state index contributed by atoms with van der Waals surface area (Å²) in [5.74, 6) is -0.570. The molecule has 1 heterocycles. The highest BCUT2D eigenvalue weighted by atomic mass is 32.2. The van der Waals surface area contributed by atoms with Crippen LogP contribution in [0.3, 0.4) is 0 Å². The number of hydrogen-bond acceptors (Lipinski definition) is 4. The van der Waals surface area contributed by atoms with Gasteiger partial charge in [-0.3, -0.25) is 4.90 Å². The van der Waals surface area contributed by atoms with Crippen molar-refractivity contribution in [1.29, 1.82) is 0 Å². The highest BCUT2D eigenvalue weighted by Crippen LogP contribution is 2.12. The third kappa shape index (κ3) is 4.12. The average molecular weight is 261 g/mol. The first-order valence-electron chi connectivity index (χ1n) is 5.72. The molecule has 1 unspecified atom stereocenters. The van der Waals surface area contributed by atoms with Gasteiger partial charge in [-0.1, -0.05) is 13.0 Å². The first kappa shape index (κ1) is 14.2. The van der Waals surface area contributed by atoms with Crippen LogP contribution in [-0.4, -0.2) is 55.0 Å². The Balaban J connectivity index is 2.62. The summed E-state index contributed by atoms with van der Waals surface area (Å²) in [6.45, 7) is 4.64. The number of rotatable bonds is 4. The summed E-state index contributed by atoms with van der Waals surface area (Å²) in [5, 5.41) is 8.87. The molecule has 0 amide bonds. The smallest absolute Gasteiger partial charge is 0.331 e. The van der Waals surface area contributed by atoms with E-state index in [-0.39, 0.29) is 17.5 Å². The van der Waals surface area contributed by atoms with Crippen molar-refractivity contribution in [1.82, 2.24) is 4.90 Å². The SMILES string of the molecule is CCC(=CCN1CCS(=O)(=O)CC1C)C(=O)O. The van der Waals surface area contributed by atoms with Gasteiger partial charge < -0.3 is 5.11 Å². The van der Waals surface area contributed by atoms with Crippen LogP contribution >= 0.6 is 0 Å². The van der Waals surface area contributed by atoms with E-state index in [1.165, 1.54) is 0 Å². The van der Waals surface area contributed by atoms with Crippen molar-refractivity contribution in [3.05, 3.63) is 11.6 Å². The minimum atomic E-state index is -2.90. The standard InChI is InChI=1S/C11H19NO4S/c1-3-10(11(13)14)4-5-12-6-7-17(15,16)8-9(12)2/h4,9H,3,5-8H2,1-2H3,(H,13,14). The fourth-order valence-corrected chi connectivity index (χ4v) is 3.54. The molecule has 5 nitrogen and oxygen atoms in total. The summed E-state index contributed by atoms with van der Waals surface area (Å²) in [4.78, 5) is 12.8. The number of hydrogen-bond donors (Lipinski definition) is 1. The van der Waals surface area contributed by atoms with Crippen LogP contribution in [0.25, 0.3) is 0 Å². The molecule has 1 fully saturated rings. The van der Waals surface area contributed by atoms with E-state index in [0.717, 1.165) is 0 Å². The number of sulfone groups is 1. The zero-order chi connectivity index (χ0) is 13.1. The van der Waals surface area contributed by atoms with Crippen molar-refractivity contribution in [2.75, 3.05) is 24.6 Å². The molecule has 0 aromatic heterocycles. The van der Waals surface area contributed by atoms with Gasteiger partial charge in [-0.2, -0.15) is 0 Å². The van der Waals surface area contributed by atoms with Crippen molar-refractivity contribution in [2.45, 2.75) is 26.3 Å². The topological polar surface area (TPSA) is 74.7 Å². The van der Waals surface area contributed by atoms with Gasteiger partial charge in [0.2, 0.25) is 0 Å². The van der Waals surface area contributed by atoms with Gasteiger partial charge in [-0.05, 0) is 13.3 Å². The van der Waals surface area contributed by atoms with Crippen LogP contribution in [0.4, 0.5) is 0 Å². The summed E-state index contributed by atoms with van der Waals surface area (Å²) < 4.78 is 22.7. The number of carboxylic acid groups (broad SMARTS) is 1. The van der Waals surface area contributed by atoms with Gasteiger partial charge in [-0.25, -0.2) is 13.2 Å². The van der Waals surface area contributed by atoms with Gasteiger partial charge >= 0.3 is 5.97 Å². The maximum atomic E-state index is 11.4. The minimum Gasteiger partial charge on any atom is -0.478 e. The molecular formula is C11H19NO4S. The molecule has 0 radical (unpaired) electrons. The Kier molecular flexibility index (Phi) is 4.70. The maximum Gasteiger partial charge on any atom is 0.331 e. The van der Waals surface area contributed by atoms with E-state index in [4.69, 9.17) is 5.11 Å². The van der Waals surface area contributed by atoms with Gasteiger partial charge in [0.1, 0.15) is 0 Å². The first-order chi connectivity index (χ1) is 7.85. The lowest BCUT2D eigenvalue weighted by molar-refractivity contribution is -0.132. The Morgan fingerprint density at radius 3 is 2.65 bits per heavy atom. The van der Waals surface area contributed by atoms with E-state index in [2.05, 4.69) is 0 Å². The summed E-state index contributed by atoms with van der Waals surface area (Å²) in [6, 6.07) is -0.0445. The van der Waals surface area contributed by atoms with Crippen molar-refractivity contribution < 1.29 is 18.3 Å². The summed E-state index contributed by atoms with van der Waals surface area (Å²) >= 11 is 0. The molecule has 0 spiro atoms. The van der Waals surface area contributed by atoms with E-state index in [9.17, 15) is 13.2 Å². The summed E-state index contributed by atoms with van der Waals surface area (Å²) in [7, 11) is -2.90. The molecule has 0 aromatic rings. The number of carbonyl (C=O) groups is 1. The fraction of sp³-hybridized carbons (Fsp3) is 0.727. The molecule has 6 heteroatoms. The van der Waals surface area contributed by atoms with Crippen LogP contribution in [0.15, 0.2) is 11.6 Å². The molecule has 1 rings (SSSR count). The van der Waals surface area contributed by atoms with Crippen LogP contribution in [0.2, 0.25) is 0 Å². The lowest BCUT2D eigenvalue weighted by atomic mass is 10.2. The van der Waals surface area contributed by atoms with Crippen LogP contribution in [0, 0.1) is 0 Å². The van der Waals surface area contributed by atoms with Crippen LogP contribution < -0.4 is 0 Å². The van der Waals surface area contributed by atoms with E-state index in [0.29, 0.717) is 25.1 Å². The highest BCUT2D eigenvalue weighted by molar-refractivity contribution is 7.91. The van der Waals surface area contributed by atoms with E-state index in [1.807, 2.05) is 11.8 Å². The molecule has 1 aliphatic heterocycles. The Morgan fingerprint density at radius 1 is 1.53 bits per heavy atom. The predicted molar refractivity (Wildman–Crippen MR) is 65.7 cm³/mol. The van der Waals surface area contributed by atoms with Crippen molar-refractivity contribution in [3.63, 3.8) is 0 Å². The Hall–Kier alpha value is -0.880. The van der Waals surface area contributed by atoms with Crippen LogP contribution in [0.1, 0.15) is 20.3 Å². The van der Waals surface area contributed by atoms with Gasteiger partial charge in [0, 0.05) is 24.7 Å². The third-order valence-electron chi connectivity index (χ3n) is 3.04. The van der Waals surface area contributed by atoms with Gasteiger partial charge in [-0.15, -0.1) is 0 Å². The number of carboxylic acids is 1. The molecule has 17 heavy (non-hydrogen) atoms. The van der Waals surface area contributed by atoms with Gasteiger partial charge in [0.15, 0.2) is 9.84 Å². The summed E-state index contributed by atoms with van der Waals surface area (Å²) in [5.41, 5.74) is 0.380. The molecular weight excluding hydrogens is 242 g/mol. The van der Waals surface area contributed by atoms with Crippen molar-refractivity contribution in [3.8, 4) is 0 Å². The van der Waals surface area contributed by atoms with Crippen molar-refractivity contribution >= 4 is 15.8 Å². The zero-order valence-electron chi connectivity index (χ0n) is 10.2. The monoisotopic (exact) mass is 261 g/mol. The summed E-state index contributed by atoms with van der Waals surface area (Å²) in [6.07, 6.45) is 2.16. The normalized spacial score (nSPS) is 25.8. The molecule has 1 saturated heterocycles. The lowest BCUT2D eigenvalue weighted by Crippen LogP contribution is -2.46. The molecule has 0 aliphatic carbocycles. The molecule has 0 aromatic carbocycles. The largest absolute Gasteiger partial charge is 0.478 e. The molecule has 0 bridgehead atoms.